The molecule has 1 fully saturated rings. The first kappa shape index (κ1) is 16.5. The first-order valence-electron chi connectivity index (χ1n) is 8.03. The van der Waals surface area contributed by atoms with Crippen molar-refractivity contribution < 1.29 is 9.53 Å². The van der Waals surface area contributed by atoms with Gasteiger partial charge in [-0.2, -0.15) is 0 Å². The normalized spacial score (nSPS) is 29.9. The molecule has 19 heavy (non-hydrogen) atoms. The van der Waals surface area contributed by atoms with Crippen molar-refractivity contribution in [1.29, 1.82) is 0 Å². The Bertz CT molecular complexity index is 302. The maximum Gasteiger partial charge on any atom is 0.312 e. The highest BCUT2D eigenvalue weighted by Gasteiger charge is 2.47. The molecule has 1 rings (SSSR count). The van der Waals surface area contributed by atoms with E-state index in [9.17, 15) is 4.79 Å². The van der Waals surface area contributed by atoms with E-state index >= 15 is 0 Å². The molecule has 0 bridgehead atoms. The molecule has 0 aromatic heterocycles. The molecule has 112 valence electrons. The second-order valence-electron chi connectivity index (χ2n) is 7.04. The summed E-state index contributed by atoms with van der Waals surface area (Å²) in [6, 6.07) is 0. The molecule has 1 aliphatic rings. The van der Waals surface area contributed by atoms with Gasteiger partial charge in [0.15, 0.2) is 0 Å². The molecule has 0 aliphatic heterocycles. The fourth-order valence-electron chi connectivity index (χ4n) is 3.13. The van der Waals surface area contributed by atoms with Crippen LogP contribution >= 0.6 is 0 Å². The van der Waals surface area contributed by atoms with Crippen LogP contribution in [0.15, 0.2) is 0 Å². The van der Waals surface area contributed by atoms with Crippen molar-refractivity contribution in [1.82, 2.24) is 0 Å². The van der Waals surface area contributed by atoms with E-state index in [2.05, 4.69) is 27.7 Å². The van der Waals surface area contributed by atoms with Gasteiger partial charge >= 0.3 is 5.97 Å². The minimum Gasteiger partial charge on any atom is -0.458 e. The lowest BCUT2D eigenvalue weighted by atomic mass is 9.68. The monoisotopic (exact) mass is 268 g/mol. The molecule has 0 spiro atoms. The molecule has 0 aromatic rings. The summed E-state index contributed by atoms with van der Waals surface area (Å²) >= 11 is 0. The molecule has 1 saturated carbocycles. The predicted molar refractivity (Wildman–Crippen MR) is 80.0 cm³/mol. The molecule has 0 heterocycles. The molecule has 0 aromatic carbocycles. The van der Waals surface area contributed by atoms with Gasteiger partial charge in [0.2, 0.25) is 0 Å². The van der Waals surface area contributed by atoms with Gasteiger partial charge in [-0.15, -0.1) is 0 Å². The fourth-order valence-corrected chi connectivity index (χ4v) is 3.13. The highest BCUT2D eigenvalue weighted by atomic mass is 16.6. The minimum absolute atomic E-state index is 0.0101. The standard InChI is InChI=1S/C17H32O2/c1-7-13(3)17(12-10-9-11-14(17)4)19-15(18)16(5,6)8-2/h13-14H,7-12H2,1-6H3. The zero-order valence-electron chi connectivity index (χ0n) is 13.7. The van der Waals surface area contributed by atoms with Crippen LogP contribution in [0.2, 0.25) is 0 Å². The van der Waals surface area contributed by atoms with Crippen LogP contribution in [0.5, 0.6) is 0 Å². The van der Waals surface area contributed by atoms with Gasteiger partial charge < -0.3 is 4.74 Å². The largest absolute Gasteiger partial charge is 0.458 e. The Balaban J connectivity index is 2.95. The fraction of sp³-hybridized carbons (Fsp3) is 0.941. The van der Waals surface area contributed by atoms with Crippen molar-refractivity contribution in [3.63, 3.8) is 0 Å². The summed E-state index contributed by atoms with van der Waals surface area (Å²) < 4.78 is 6.16. The van der Waals surface area contributed by atoms with E-state index in [1.807, 2.05) is 13.8 Å². The lowest BCUT2D eigenvalue weighted by Gasteiger charge is -2.47. The average molecular weight is 268 g/mol. The van der Waals surface area contributed by atoms with Gasteiger partial charge in [0, 0.05) is 0 Å². The number of rotatable bonds is 5. The zero-order chi connectivity index (χ0) is 14.7. The van der Waals surface area contributed by atoms with Crippen molar-refractivity contribution >= 4 is 5.97 Å². The molecule has 1 aliphatic carbocycles. The van der Waals surface area contributed by atoms with Gasteiger partial charge in [-0.1, -0.05) is 34.1 Å². The van der Waals surface area contributed by atoms with E-state index in [1.54, 1.807) is 0 Å². The Hall–Kier alpha value is -0.530. The van der Waals surface area contributed by atoms with Crippen molar-refractivity contribution in [2.75, 3.05) is 0 Å². The van der Waals surface area contributed by atoms with E-state index in [0.717, 1.165) is 19.3 Å². The molecule has 2 nitrogen and oxygen atoms in total. The summed E-state index contributed by atoms with van der Waals surface area (Å²) in [5.74, 6) is 0.913. The number of carbonyl (C=O) groups excluding carboxylic acids is 1. The van der Waals surface area contributed by atoms with Crippen LogP contribution in [0, 0.1) is 17.3 Å². The third kappa shape index (κ3) is 3.32. The van der Waals surface area contributed by atoms with Crippen molar-refractivity contribution in [2.24, 2.45) is 17.3 Å². The summed E-state index contributed by atoms with van der Waals surface area (Å²) in [6.07, 6.45) is 6.59. The zero-order valence-corrected chi connectivity index (χ0v) is 13.7. The first-order valence-corrected chi connectivity index (χ1v) is 8.03. The molecule has 2 heteroatoms. The number of ether oxygens (including phenoxy) is 1. The van der Waals surface area contributed by atoms with Crippen LogP contribution in [-0.4, -0.2) is 11.6 Å². The van der Waals surface area contributed by atoms with Crippen LogP contribution in [0.1, 0.15) is 80.1 Å². The minimum atomic E-state index is -0.363. The highest BCUT2D eigenvalue weighted by Crippen LogP contribution is 2.44. The van der Waals surface area contributed by atoms with Gasteiger partial charge in [0.25, 0.3) is 0 Å². The Labute approximate surface area is 119 Å². The maximum absolute atomic E-state index is 12.5. The van der Waals surface area contributed by atoms with Crippen LogP contribution in [0.25, 0.3) is 0 Å². The summed E-state index contributed by atoms with van der Waals surface area (Å²) in [5, 5.41) is 0. The maximum atomic E-state index is 12.5. The third-order valence-electron chi connectivity index (χ3n) is 5.45. The van der Waals surface area contributed by atoms with Gasteiger partial charge in [-0.25, -0.2) is 0 Å². The summed E-state index contributed by atoms with van der Waals surface area (Å²) in [4.78, 5) is 12.5. The number of hydrogen-bond donors (Lipinski definition) is 0. The third-order valence-corrected chi connectivity index (χ3v) is 5.45. The molecule has 0 radical (unpaired) electrons. The Morgan fingerprint density at radius 1 is 1.37 bits per heavy atom. The molecule has 0 N–H and O–H groups in total. The van der Waals surface area contributed by atoms with Crippen LogP contribution in [-0.2, 0) is 9.53 Å². The highest BCUT2D eigenvalue weighted by molar-refractivity contribution is 5.76. The van der Waals surface area contributed by atoms with Crippen molar-refractivity contribution in [3.05, 3.63) is 0 Å². The Morgan fingerprint density at radius 3 is 2.47 bits per heavy atom. The number of hydrogen-bond acceptors (Lipinski definition) is 2. The van der Waals surface area contributed by atoms with Gasteiger partial charge in [0.1, 0.15) is 5.60 Å². The molecule has 0 amide bonds. The quantitative estimate of drug-likeness (QED) is 0.659. The van der Waals surface area contributed by atoms with E-state index < -0.39 is 0 Å². The van der Waals surface area contributed by atoms with Crippen LogP contribution < -0.4 is 0 Å². The molecular formula is C17H32O2. The van der Waals surface area contributed by atoms with Crippen molar-refractivity contribution in [2.45, 2.75) is 85.7 Å². The van der Waals surface area contributed by atoms with Gasteiger partial charge in [-0.05, 0) is 57.8 Å². The number of esters is 1. The molecule has 0 saturated heterocycles. The Kier molecular flexibility index (Phi) is 5.46. The lowest BCUT2D eigenvalue weighted by molar-refractivity contribution is -0.190. The molecule has 3 atom stereocenters. The summed E-state index contributed by atoms with van der Waals surface area (Å²) in [5.41, 5.74) is -0.589. The number of carbonyl (C=O) groups is 1. The van der Waals surface area contributed by atoms with E-state index in [-0.39, 0.29) is 17.0 Å². The average Bonchev–Trinajstić information content (AvgIpc) is 2.40. The second kappa shape index (κ2) is 6.28. The van der Waals surface area contributed by atoms with Gasteiger partial charge in [-0.3, -0.25) is 4.79 Å². The predicted octanol–water partition coefficient (Wildman–Crippen LogP) is 4.96. The van der Waals surface area contributed by atoms with E-state index in [0.29, 0.717) is 11.8 Å². The van der Waals surface area contributed by atoms with Crippen molar-refractivity contribution in [3.8, 4) is 0 Å². The topological polar surface area (TPSA) is 26.3 Å². The second-order valence-corrected chi connectivity index (χ2v) is 7.04. The SMILES string of the molecule is CCC(C)C1(OC(=O)C(C)(C)CC)CCCCC1C. The van der Waals surface area contributed by atoms with E-state index in [4.69, 9.17) is 4.74 Å². The lowest BCUT2D eigenvalue weighted by Crippen LogP contribution is -2.50. The first-order chi connectivity index (χ1) is 8.80. The van der Waals surface area contributed by atoms with Crippen LogP contribution in [0.3, 0.4) is 0 Å². The van der Waals surface area contributed by atoms with E-state index in [1.165, 1.54) is 19.3 Å². The Morgan fingerprint density at radius 2 is 2.00 bits per heavy atom. The summed E-state index contributed by atoms with van der Waals surface area (Å²) in [6.45, 7) is 12.7. The van der Waals surface area contributed by atoms with Gasteiger partial charge in [0.05, 0.1) is 5.41 Å². The molecular weight excluding hydrogens is 236 g/mol. The smallest absolute Gasteiger partial charge is 0.312 e. The molecule has 3 unspecified atom stereocenters. The summed E-state index contributed by atoms with van der Waals surface area (Å²) in [7, 11) is 0. The van der Waals surface area contributed by atoms with Crippen LogP contribution in [0.4, 0.5) is 0 Å².